The number of hydrogen-bond acceptors (Lipinski definition) is 8. The predicted molar refractivity (Wildman–Crippen MR) is 210 cm³/mol. The fourth-order valence-electron chi connectivity index (χ4n) is 10.5. The minimum atomic E-state index is -1.65. The van der Waals surface area contributed by atoms with E-state index in [2.05, 4.69) is 22.5 Å². The van der Waals surface area contributed by atoms with Crippen LogP contribution in [-0.2, 0) is 31.1 Å². The van der Waals surface area contributed by atoms with Crippen molar-refractivity contribution in [1.29, 1.82) is 0 Å². The molecule has 3 aliphatic heterocycles. The second-order valence-corrected chi connectivity index (χ2v) is 16.2. The lowest BCUT2D eigenvalue weighted by Gasteiger charge is -2.50. The molecule has 0 aromatic heterocycles. The molecule has 6 atom stereocenters. The first-order valence-corrected chi connectivity index (χ1v) is 19.8. The SMILES string of the molecule is COc1cccc(O)c1[C@H]1C2=CC[C@@H]3C(=O)N(C4CCN(Cc5ccccc5)CC4)C(=O)[C@@H]3[C@@H]2C[C@H]2C(=O)N(Nc3ccc(F)cc3)C(=O)[C@@]12c1ccc(Cl)cc1. The van der Waals surface area contributed by atoms with Crippen molar-refractivity contribution in [2.24, 2.45) is 23.7 Å². The fraction of sp³-hybridized carbons (Fsp3) is 0.333. The van der Waals surface area contributed by atoms with Crippen LogP contribution in [0.15, 0.2) is 109 Å². The summed E-state index contributed by atoms with van der Waals surface area (Å²) in [5, 5.41) is 13.2. The van der Waals surface area contributed by atoms with Gasteiger partial charge in [-0.25, -0.2) is 4.39 Å². The van der Waals surface area contributed by atoms with Gasteiger partial charge in [-0.3, -0.25) is 34.4 Å². The predicted octanol–water partition coefficient (Wildman–Crippen LogP) is 6.84. The summed E-state index contributed by atoms with van der Waals surface area (Å²) in [4.78, 5) is 63.4. The molecule has 1 saturated carbocycles. The topological polar surface area (TPSA) is 119 Å². The van der Waals surface area contributed by atoms with E-state index in [9.17, 15) is 23.9 Å². The summed E-state index contributed by atoms with van der Waals surface area (Å²) in [6.45, 7) is 2.28. The van der Waals surface area contributed by atoms with Gasteiger partial charge in [0.25, 0.3) is 11.8 Å². The van der Waals surface area contributed by atoms with Crippen molar-refractivity contribution in [2.75, 3.05) is 25.6 Å². The molecule has 10 nitrogen and oxygen atoms in total. The number of phenolic OH excluding ortho intramolecular Hbond substituents is 1. The normalized spacial score (nSPS) is 27.6. The molecule has 2 N–H and O–H groups in total. The Morgan fingerprint density at radius 3 is 2.28 bits per heavy atom. The summed E-state index contributed by atoms with van der Waals surface area (Å²) in [6, 6.07) is 26.9. The Morgan fingerprint density at radius 2 is 1.58 bits per heavy atom. The Labute approximate surface area is 334 Å². The smallest absolute Gasteiger partial charge is 0.260 e. The number of aromatic hydroxyl groups is 1. The summed E-state index contributed by atoms with van der Waals surface area (Å²) in [6.07, 6.45) is 3.63. The Morgan fingerprint density at radius 1 is 0.860 bits per heavy atom. The Balaban J connectivity index is 1.13. The van der Waals surface area contributed by atoms with Gasteiger partial charge < -0.3 is 9.84 Å². The number of nitrogens with one attached hydrogen (secondary N) is 1. The number of allylic oxidation sites excluding steroid dienone is 2. The summed E-state index contributed by atoms with van der Waals surface area (Å²) < 4.78 is 19.8. The molecule has 9 rings (SSSR count). The quantitative estimate of drug-likeness (QED) is 0.147. The lowest BCUT2D eigenvalue weighted by molar-refractivity contribution is -0.144. The molecule has 0 bridgehead atoms. The van der Waals surface area contributed by atoms with Crippen molar-refractivity contribution in [3.8, 4) is 11.5 Å². The molecule has 2 aliphatic carbocycles. The van der Waals surface area contributed by atoms with Crippen molar-refractivity contribution in [3.63, 3.8) is 0 Å². The second kappa shape index (κ2) is 14.5. The van der Waals surface area contributed by atoms with E-state index in [0.29, 0.717) is 46.0 Å². The van der Waals surface area contributed by atoms with Crippen LogP contribution in [0.25, 0.3) is 0 Å². The van der Waals surface area contributed by atoms with Crippen LogP contribution in [0.3, 0.4) is 0 Å². The maximum Gasteiger partial charge on any atom is 0.260 e. The van der Waals surface area contributed by atoms with Crippen LogP contribution in [-0.4, -0.2) is 69.8 Å². The number of fused-ring (bicyclic) bond motifs is 4. The van der Waals surface area contributed by atoms with Gasteiger partial charge in [0.1, 0.15) is 17.3 Å². The van der Waals surface area contributed by atoms with Crippen molar-refractivity contribution >= 4 is 40.9 Å². The molecule has 4 fully saturated rings. The molecule has 5 aliphatic rings. The number of piperidine rings is 1. The minimum Gasteiger partial charge on any atom is -0.508 e. The Bertz CT molecular complexity index is 2280. The van der Waals surface area contributed by atoms with E-state index >= 15 is 4.79 Å². The number of amides is 4. The highest BCUT2D eigenvalue weighted by atomic mass is 35.5. The molecule has 3 saturated heterocycles. The molecule has 4 amide bonds. The maximum atomic E-state index is 15.4. The number of benzene rings is 4. The van der Waals surface area contributed by atoms with E-state index < -0.39 is 52.6 Å². The summed E-state index contributed by atoms with van der Waals surface area (Å²) in [5.74, 6) is -5.91. The van der Waals surface area contributed by atoms with Crippen LogP contribution in [0.5, 0.6) is 11.5 Å². The Hall–Kier alpha value is -5.52. The Kier molecular flexibility index (Phi) is 9.40. The highest BCUT2D eigenvalue weighted by Crippen LogP contribution is 2.66. The number of phenols is 1. The molecule has 12 heteroatoms. The van der Waals surface area contributed by atoms with Gasteiger partial charge >= 0.3 is 0 Å². The molecule has 292 valence electrons. The number of methoxy groups -OCH3 is 1. The maximum absolute atomic E-state index is 15.4. The van der Waals surface area contributed by atoms with Crippen LogP contribution in [0.4, 0.5) is 10.1 Å². The van der Waals surface area contributed by atoms with Crippen LogP contribution >= 0.6 is 11.6 Å². The molecule has 0 unspecified atom stereocenters. The highest BCUT2D eigenvalue weighted by Gasteiger charge is 2.71. The second-order valence-electron chi connectivity index (χ2n) is 15.8. The average Bonchev–Trinajstić information content (AvgIpc) is 3.60. The number of hydrazine groups is 1. The average molecular weight is 789 g/mol. The van der Waals surface area contributed by atoms with Crippen LogP contribution in [0.1, 0.15) is 48.3 Å². The van der Waals surface area contributed by atoms with E-state index in [0.717, 1.165) is 24.6 Å². The van der Waals surface area contributed by atoms with E-state index in [1.807, 2.05) is 24.3 Å². The molecular formula is C45H42ClFN4O6. The largest absolute Gasteiger partial charge is 0.508 e. The van der Waals surface area contributed by atoms with Crippen LogP contribution in [0, 0.1) is 29.5 Å². The standard InChI is InChI=1S/C45H42ClFN4O6/c1-57-37-9-5-8-36(52)39(37)40-32-18-19-33-38(43(55)50(41(33)53)31-20-22-49(23-21-31)25-26-6-3-2-4-7-26)34(32)24-35-42(54)51(48-30-16-14-29(47)15-17-30)44(56)45(35,40)27-10-12-28(46)13-11-27/h2-18,31,33-35,38,40,48,52H,19-25H2,1H3/t33-,34+,35-,38-,40+,45+/m0/s1. The van der Waals surface area contributed by atoms with Gasteiger partial charge in [0.05, 0.1) is 36.0 Å². The highest BCUT2D eigenvalue weighted by molar-refractivity contribution is 6.30. The number of ether oxygens (including phenoxy) is 1. The fourth-order valence-corrected chi connectivity index (χ4v) is 10.7. The number of carbonyl (C=O) groups is 4. The summed E-state index contributed by atoms with van der Waals surface area (Å²) in [5.41, 5.74) is 4.33. The molecular weight excluding hydrogens is 747 g/mol. The zero-order valence-electron chi connectivity index (χ0n) is 31.3. The first kappa shape index (κ1) is 37.1. The lowest BCUT2D eigenvalue weighted by Crippen LogP contribution is -2.53. The third-order valence-electron chi connectivity index (χ3n) is 13.0. The molecule has 4 aromatic rings. The van der Waals surface area contributed by atoms with Gasteiger partial charge in [-0.1, -0.05) is 71.8 Å². The van der Waals surface area contributed by atoms with Gasteiger partial charge in [0, 0.05) is 42.2 Å². The van der Waals surface area contributed by atoms with Crippen molar-refractivity contribution in [1.82, 2.24) is 14.8 Å². The third-order valence-corrected chi connectivity index (χ3v) is 13.3. The molecule has 4 aromatic carbocycles. The van der Waals surface area contributed by atoms with Crippen molar-refractivity contribution in [3.05, 3.63) is 136 Å². The van der Waals surface area contributed by atoms with Gasteiger partial charge in [0.15, 0.2) is 0 Å². The zero-order chi connectivity index (χ0) is 39.6. The molecule has 0 radical (unpaired) electrons. The minimum absolute atomic E-state index is 0.0938. The van der Waals surface area contributed by atoms with E-state index in [1.165, 1.54) is 47.9 Å². The first-order valence-electron chi connectivity index (χ1n) is 19.5. The zero-order valence-corrected chi connectivity index (χ0v) is 32.1. The molecule has 57 heavy (non-hydrogen) atoms. The number of halogens is 2. The summed E-state index contributed by atoms with van der Waals surface area (Å²) in [7, 11) is 1.47. The van der Waals surface area contributed by atoms with E-state index in [-0.39, 0.29) is 36.4 Å². The number of likely N-dealkylation sites (tertiary alicyclic amines) is 2. The number of imide groups is 2. The third kappa shape index (κ3) is 5.93. The first-order chi connectivity index (χ1) is 27.6. The van der Waals surface area contributed by atoms with Gasteiger partial charge in [-0.05, 0) is 91.3 Å². The number of nitrogens with zero attached hydrogens (tertiary/aromatic N) is 3. The number of hydrogen-bond donors (Lipinski definition) is 2. The number of anilines is 1. The monoisotopic (exact) mass is 788 g/mol. The summed E-state index contributed by atoms with van der Waals surface area (Å²) >= 11 is 6.40. The van der Waals surface area contributed by atoms with Crippen LogP contribution in [0.2, 0.25) is 5.02 Å². The molecule has 3 heterocycles. The number of carbonyl (C=O) groups excluding carboxylic acids is 4. The van der Waals surface area contributed by atoms with Gasteiger partial charge in [0.2, 0.25) is 11.8 Å². The van der Waals surface area contributed by atoms with Crippen molar-refractivity contribution < 1.29 is 33.4 Å². The number of rotatable bonds is 8. The van der Waals surface area contributed by atoms with Gasteiger partial charge in [-0.15, -0.1) is 0 Å². The van der Waals surface area contributed by atoms with E-state index in [1.54, 1.807) is 36.4 Å². The molecule has 0 spiro atoms. The lowest BCUT2D eigenvalue weighted by atomic mass is 9.49. The van der Waals surface area contributed by atoms with Crippen molar-refractivity contribution in [2.45, 2.75) is 49.6 Å². The van der Waals surface area contributed by atoms with Gasteiger partial charge in [-0.2, -0.15) is 5.01 Å². The van der Waals surface area contributed by atoms with Crippen LogP contribution < -0.4 is 10.2 Å². The van der Waals surface area contributed by atoms with E-state index in [4.69, 9.17) is 16.3 Å².